The molecule has 2 N–H and O–H groups in total. The van der Waals surface area contributed by atoms with Crippen molar-refractivity contribution in [3.8, 4) is 11.5 Å². The van der Waals surface area contributed by atoms with Gasteiger partial charge in [-0.2, -0.15) is 8.78 Å². The average molecular weight is 362 g/mol. The Hall–Kier alpha value is -3.16. The van der Waals surface area contributed by atoms with Gasteiger partial charge in [0.05, 0.1) is 5.69 Å². The van der Waals surface area contributed by atoms with Crippen LogP contribution in [0.2, 0.25) is 0 Å². The van der Waals surface area contributed by atoms with Crippen LogP contribution in [0.15, 0.2) is 42.5 Å². The zero-order chi connectivity index (χ0) is 18.5. The number of ether oxygens (including phenoxy) is 2. The molecule has 3 rings (SSSR count). The Balaban J connectivity index is 1.52. The number of halogens is 2. The van der Waals surface area contributed by atoms with E-state index in [1.54, 1.807) is 30.3 Å². The van der Waals surface area contributed by atoms with Gasteiger partial charge in [0, 0.05) is 12.1 Å². The predicted octanol–water partition coefficient (Wildman–Crippen LogP) is 2.59. The van der Waals surface area contributed by atoms with Crippen LogP contribution in [0.5, 0.6) is 11.5 Å². The van der Waals surface area contributed by atoms with E-state index in [9.17, 15) is 18.4 Å². The summed E-state index contributed by atoms with van der Waals surface area (Å²) in [7, 11) is 0. The number of carbonyl (C=O) groups is 2. The third kappa shape index (κ3) is 4.47. The zero-order valence-corrected chi connectivity index (χ0v) is 13.6. The molecule has 0 atom stereocenters. The van der Waals surface area contributed by atoms with Gasteiger partial charge >= 0.3 is 6.61 Å². The van der Waals surface area contributed by atoms with E-state index >= 15 is 0 Å². The fraction of sp³-hybridized carbons (Fsp3) is 0.222. The number of alkyl halides is 2. The van der Waals surface area contributed by atoms with Gasteiger partial charge in [-0.05, 0) is 42.3 Å². The van der Waals surface area contributed by atoms with Crippen molar-refractivity contribution in [2.75, 3.05) is 18.5 Å². The van der Waals surface area contributed by atoms with Crippen LogP contribution in [0, 0.1) is 0 Å². The van der Waals surface area contributed by atoms with Crippen molar-refractivity contribution in [1.29, 1.82) is 0 Å². The number of anilines is 1. The van der Waals surface area contributed by atoms with Crippen molar-refractivity contribution in [2.24, 2.45) is 0 Å². The van der Waals surface area contributed by atoms with Gasteiger partial charge in [0.25, 0.3) is 11.8 Å². The van der Waals surface area contributed by atoms with Gasteiger partial charge in [0.15, 0.2) is 6.61 Å². The van der Waals surface area contributed by atoms with Gasteiger partial charge < -0.3 is 20.1 Å². The van der Waals surface area contributed by atoms with Crippen LogP contribution in [-0.4, -0.2) is 31.6 Å². The Morgan fingerprint density at radius 2 is 2.00 bits per heavy atom. The number of hydrogen-bond donors (Lipinski definition) is 2. The molecule has 1 aliphatic heterocycles. The van der Waals surface area contributed by atoms with Gasteiger partial charge in [0.1, 0.15) is 11.5 Å². The highest BCUT2D eigenvalue weighted by Gasteiger charge is 2.17. The third-order valence-corrected chi connectivity index (χ3v) is 3.72. The van der Waals surface area contributed by atoms with Crippen molar-refractivity contribution >= 4 is 17.5 Å². The number of amides is 2. The zero-order valence-electron chi connectivity index (χ0n) is 13.6. The maximum atomic E-state index is 12.2. The largest absolute Gasteiger partial charge is 0.482 e. The summed E-state index contributed by atoms with van der Waals surface area (Å²) in [6.45, 7) is -2.56. The minimum atomic E-state index is -2.85. The van der Waals surface area contributed by atoms with Crippen LogP contribution in [0.3, 0.4) is 0 Å². The van der Waals surface area contributed by atoms with Crippen LogP contribution in [0.25, 0.3) is 0 Å². The Bertz CT molecular complexity index is 809. The molecule has 0 saturated heterocycles. The molecule has 2 amide bonds. The first-order valence-corrected chi connectivity index (χ1v) is 7.90. The Morgan fingerprint density at radius 1 is 1.23 bits per heavy atom. The first-order chi connectivity index (χ1) is 12.5. The molecule has 0 saturated carbocycles. The average Bonchev–Trinajstić information content (AvgIpc) is 2.62. The summed E-state index contributed by atoms with van der Waals surface area (Å²) in [5.74, 6) is 0.0337. The van der Waals surface area contributed by atoms with Gasteiger partial charge in [-0.1, -0.05) is 12.1 Å². The van der Waals surface area contributed by atoms with Crippen molar-refractivity contribution in [3.05, 3.63) is 53.6 Å². The van der Waals surface area contributed by atoms with E-state index in [4.69, 9.17) is 4.74 Å². The molecule has 2 aromatic carbocycles. The van der Waals surface area contributed by atoms with Crippen molar-refractivity contribution < 1.29 is 27.8 Å². The number of nitrogens with one attached hydrogen (secondary N) is 2. The molecule has 0 aliphatic carbocycles. The fourth-order valence-corrected chi connectivity index (χ4v) is 2.48. The lowest BCUT2D eigenvalue weighted by molar-refractivity contribution is -0.118. The smallest absolute Gasteiger partial charge is 0.387 e. The molecule has 0 unspecified atom stereocenters. The molecule has 0 bridgehead atoms. The second kappa shape index (κ2) is 7.81. The molecule has 8 heteroatoms. The normalized spacial score (nSPS) is 12.8. The van der Waals surface area contributed by atoms with Gasteiger partial charge in [-0.15, -0.1) is 0 Å². The van der Waals surface area contributed by atoms with Crippen LogP contribution >= 0.6 is 0 Å². The van der Waals surface area contributed by atoms with Gasteiger partial charge in [0.2, 0.25) is 0 Å². The minimum Gasteiger partial charge on any atom is -0.482 e. The number of benzene rings is 2. The molecule has 0 fully saturated rings. The first-order valence-electron chi connectivity index (χ1n) is 7.90. The minimum absolute atomic E-state index is 0.0800. The highest BCUT2D eigenvalue weighted by molar-refractivity contribution is 5.98. The van der Waals surface area contributed by atoms with Crippen LogP contribution in [0.1, 0.15) is 15.9 Å². The van der Waals surface area contributed by atoms with Crippen LogP contribution in [0.4, 0.5) is 14.5 Å². The Kier molecular flexibility index (Phi) is 5.31. The standard InChI is InChI=1S/C18H16F2N2O4/c19-18(20)26-13-4-1-11(2-5-13)7-8-21-17(24)12-3-6-14-15(9-12)25-10-16(23)22-14/h1-6,9,18H,7-8,10H2,(H,21,24)(H,22,23). The number of hydrogen-bond acceptors (Lipinski definition) is 4. The van der Waals surface area contributed by atoms with E-state index in [0.717, 1.165) is 5.56 Å². The molecule has 2 aromatic rings. The first kappa shape index (κ1) is 17.7. The summed E-state index contributed by atoms with van der Waals surface area (Å²) >= 11 is 0. The van der Waals surface area contributed by atoms with Crippen molar-refractivity contribution in [2.45, 2.75) is 13.0 Å². The van der Waals surface area contributed by atoms with Crippen LogP contribution < -0.4 is 20.1 Å². The van der Waals surface area contributed by atoms with Gasteiger partial charge in [-0.25, -0.2) is 0 Å². The number of carbonyl (C=O) groups excluding carboxylic acids is 2. The molecule has 26 heavy (non-hydrogen) atoms. The molecule has 6 nitrogen and oxygen atoms in total. The quantitative estimate of drug-likeness (QED) is 0.828. The van der Waals surface area contributed by atoms with Crippen molar-refractivity contribution in [1.82, 2.24) is 5.32 Å². The molecule has 1 heterocycles. The topological polar surface area (TPSA) is 76.7 Å². The number of fused-ring (bicyclic) bond motifs is 1. The Labute approximate surface area is 148 Å². The second-order valence-corrected chi connectivity index (χ2v) is 5.58. The summed E-state index contributed by atoms with van der Waals surface area (Å²) < 4.78 is 33.8. The predicted molar refractivity (Wildman–Crippen MR) is 89.7 cm³/mol. The molecule has 0 spiro atoms. The van der Waals surface area contributed by atoms with Gasteiger partial charge in [-0.3, -0.25) is 9.59 Å². The summed E-state index contributed by atoms with van der Waals surface area (Å²) in [5.41, 5.74) is 1.83. The highest BCUT2D eigenvalue weighted by Crippen LogP contribution is 2.28. The summed E-state index contributed by atoms with van der Waals surface area (Å²) in [4.78, 5) is 23.4. The third-order valence-electron chi connectivity index (χ3n) is 3.72. The molecule has 1 aliphatic rings. The number of rotatable bonds is 6. The monoisotopic (exact) mass is 362 g/mol. The van der Waals surface area contributed by atoms with E-state index in [1.807, 2.05) is 0 Å². The maximum absolute atomic E-state index is 12.2. The van der Waals surface area contributed by atoms with E-state index in [0.29, 0.717) is 30.0 Å². The summed E-state index contributed by atoms with van der Waals surface area (Å²) in [5, 5.41) is 5.43. The summed E-state index contributed by atoms with van der Waals surface area (Å²) in [6.07, 6.45) is 0.540. The van der Waals surface area contributed by atoms with E-state index < -0.39 is 6.61 Å². The molecule has 0 aromatic heterocycles. The molecular formula is C18H16F2N2O4. The van der Waals surface area contributed by atoms with E-state index in [-0.39, 0.29) is 24.2 Å². The second-order valence-electron chi connectivity index (χ2n) is 5.58. The van der Waals surface area contributed by atoms with E-state index in [2.05, 4.69) is 15.4 Å². The lowest BCUT2D eigenvalue weighted by Crippen LogP contribution is -2.27. The highest BCUT2D eigenvalue weighted by atomic mass is 19.3. The Morgan fingerprint density at radius 3 is 2.73 bits per heavy atom. The fourth-order valence-electron chi connectivity index (χ4n) is 2.48. The molecule has 136 valence electrons. The lowest BCUT2D eigenvalue weighted by atomic mass is 10.1. The summed E-state index contributed by atoms with van der Waals surface area (Å²) in [6, 6.07) is 11.0. The molecular weight excluding hydrogens is 346 g/mol. The van der Waals surface area contributed by atoms with E-state index in [1.165, 1.54) is 12.1 Å². The SMILES string of the molecule is O=C1COc2cc(C(=O)NCCc3ccc(OC(F)F)cc3)ccc2N1. The van der Waals surface area contributed by atoms with Crippen LogP contribution in [-0.2, 0) is 11.2 Å². The molecule has 0 radical (unpaired) electrons. The maximum Gasteiger partial charge on any atom is 0.387 e. The lowest BCUT2D eigenvalue weighted by Gasteiger charge is -2.18. The van der Waals surface area contributed by atoms with Crippen molar-refractivity contribution in [3.63, 3.8) is 0 Å².